The molecule has 0 aliphatic heterocycles. The van der Waals surface area contributed by atoms with Crippen molar-refractivity contribution in [3.8, 4) is 0 Å². The van der Waals surface area contributed by atoms with Crippen LogP contribution in [0.2, 0.25) is 0 Å². The maximum Gasteiger partial charge on any atom is 0.234 e. The Morgan fingerprint density at radius 3 is 2.95 bits per heavy atom. The molecular formula is C14H24N2O2S. The third kappa shape index (κ3) is 7.97. The number of unbranched alkanes of at least 4 members (excludes halogenated alkanes) is 2. The van der Waals surface area contributed by atoms with Crippen molar-refractivity contribution in [1.29, 1.82) is 0 Å². The highest BCUT2D eigenvalue weighted by molar-refractivity contribution is 7.09. The fourth-order valence-corrected chi connectivity index (χ4v) is 2.54. The van der Waals surface area contributed by atoms with Crippen molar-refractivity contribution in [2.24, 2.45) is 0 Å². The van der Waals surface area contributed by atoms with Crippen LogP contribution in [0.5, 0.6) is 0 Å². The zero-order valence-electron chi connectivity index (χ0n) is 11.6. The summed E-state index contributed by atoms with van der Waals surface area (Å²) in [6, 6.07) is 4.12. The molecule has 1 rings (SSSR count). The second-order valence-corrected chi connectivity index (χ2v) is 5.73. The predicted molar refractivity (Wildman–Crippen MR) is 79.5 cm³/mol. The Hall–Kier alpha value is -0.910. The lowest BCUT2D eigenvalue weighted by atomic mass is 10.2. The molecule has 1 heterocycles. The first kappa shape index (κ1) is 16.1. The number of hydrogen-bond donors (Lipinski definition) is 2. The highest BCUT2D eigenvalue weighted by atomic mass is 32.1. The zero-order valence-corrected chi connectivity index (χ0v) is 12.4. The Bertz CT molecular complexity index is 341. The highest BCUT2D eigenvalue weighted by Crippen LogP contribution is 2.07. The Labute approximate surface area is 119 Å². The molecule has 0 aromatic carbocycles. The SMILES string of the molecule is CN(CCCCCO)CC(=O)NCCc1cccs1. The minimum atomic E-state index is 0.0845. The molecule has 1 amide bonds. The van der Waals surface area contributed by atoms with Gasteiger partial charge in [-0.1, -0.05) is 6.07 Å². The van der Waals surface area contributed by atoms with E-state index in [-0.39, 0.29) is 12.5 Å². The van der Waals surface area contributed by atoms with Gasteiger partial charge in [-0.05, 0) is 50.7 Å². The van der Waals surface area contributed by atoms with Crippen LogP contribution in [-0.4, -0.2) is 49.2 Å². The summed E-state index contributed by atoms with van der Waals surface area (Å²) in [5, 5.41) is 13.7. The van der Waals surface area contributed by atoms with Crippen LogP contribution in [-0.2, 0) is 11.2 Å². The minimum absolute atomic E-state index is 0.0845. The molecule has 0 bridgehead atoms. The molecule has 0 saturated carbocycles. The van der Waals surface area contributed by atoms with Gasteiger partial charge in [0.15, 0.2) is 0 Å². The van der Waals surface area contributed by atoms with Gasteiger partial charge in [0.05, 0.1) is 6.54 Å². The molecular weight excluding hydrogens is 260 g/mol. The van der Waals surface area contributed by atoms with Crippen LogP contribution >= 0.6 is 11.3 Å². The van der Waals surface area contributed by atoms with Gasteiger partial charge >= 0.3 is 0 Å². The number of rotatable bonds is 10. The van der Waals surface area contributed by atoms with E-state index in [2.05, 4.69) is 16.8 Å². The lowest BCUT2D eigenvalue weighted by Gasteiger charge is -2.15. The van der Waals surface area contributed by atoms with Crippen molar-refractivity contribution in [3.05, 3.63) is 22.4 Å². The van der Waals surface area contributed by atoms with Crippen LogP contribution in [0.3, 0.4) is 0 Å². The monoisotopic (exact) mass is 284 g/mol. The number of hydrogen-bond acceptors (Lipinski definition) is 4. The number of carbonyl (C=O) groups excluding carboxylic acids is 1. The summed E-state index contributed by atoms with van der Waals surface area (Å²) >= 11 is 1.72. The van der Waals surface area contributed by atoms with Gasteiger partial charge in [-0.2, -0.15) is 0 Å². The van der Waals surface area contributed by atoms with Gasteiger partial charge in [0.2, 0.25) is 5.91 Å². The van der Waals surface area contributed by atoms with E-state index < -0.39 is 0 Å². The Morgan fingerprint density at radius 2 is 2.26 bits per heavy atom. The van der Waals surface area contributed by atoms with Crippen LogP contribution in [0, 0.1) is 0 Å². The average Bonchev–Trinajstić information content (AvgIpc) is 2.88. The maximum absolute atomic E-state index is 11.7. The van der Waals surface area contributed by atoms with Crippen LogP contribution in [0.1, 0.15) is 24.1 Å². The quantitative estimate of drug-likeness (QED) is 0.640. The van der Waals surface area contributed by atoms with Crippen molar-refractivity contribution in [2.75, 3.05) is 33.3 Å². The summed E-state index contributed by atoms with van der Waals surface area (Å²) in [5.74, 6) is 0.0845. The summed E-state index contributed by atoms with van der Waals surface area (Å²) in [5.41, 5.74) is 0. The number of amides is 1. The summed E-state index contributed by atoms with van der Waals surface area (Å²) in [6.07, 6.45) is 3.80. The van der Waals surface area contributed by atoms with Crippen molar-refractivity contribution in [2.45, 2.75) is 25.7 Å². The van der Waals surface area contributed by atoms with Crippen molar-refractivity contribution in [1.82, 2.24) is 10.2 Å². The lowest BCUT2D eigenvalue weighted by molar-refractivity contribution is -0.121. The minimum Gasteiger partial charge on any atom is -0.396 e. The van der Waals surface area contributed by atoms with E-state index in [1.54, 1.807) is 11.3 Å². The zero-order chi connectivity index (χ0) is 13.9. The topological polar surface area (TPSA) is 52.6 Å². The Kier molecular flexibility index (Phi) is 8.45. The number of thiophene rings is 1. The smallest absolute Gasteiger partial charge is 0.234 e. The first-order valence-corrected chi connectivity index (χ1v) is 7.69. The number of nitrogens with zero attached hydrogens (tertiary/aromatic N) is 1. The molecule has 2 N–H and O–H groups in total. The summed E-state index contributed by atoms with van der Waals surface area (Å²) in [6.45, 7) is 2.31. The van der Waals surface area contributed by atoms with Crippen LogP contribution in [0.15, 0.2) is 17.5 Å². The van der Waals surface area contributed by atoms with E-state index in [0.29, 0.717) is 13.1 Å². The molecule has 0 spiro atoms. The third-order valence-electron chi connectivity index (χ3n) is 2.89. The Balaban J connectivity index is 2.03. The molecule has 0 saturated heterocycles. The standard InChI is InChI=1S/C14H24N2O2S/c1-16(9-3-2-4-10-17)12-14(18)15-8-7-13-6-5-11-19-13/h5-6,11,17H,2-4,7-10,12H2,1H3,(H,15,18). The maximum atomic E-state index is 11.7. The molecule has 0 unspecified atom stereocenters. The van der Waals surface area contributed by atoms with Gasteiger partial charge in [0.25, 0.3) is 0 Å². The summed E-state index contributed by atoms with van der Waals surface area (Å²) < 4.78 is 0. The summed E-state index contributed by atoms with van der Waals surface area (Å²) in [4.78, 5) is 15.0. The molecule has 0 atom stereocenters. The van der Waals surface area contributed by atoms with Gasteiger partial charge in [0.1, 0.15) is 0 Å². The van der Waals surface area contributed by atoms with E-state index in [0.717, 1.165) is 32.2 Å². The average molecular weight is 284 g/mol. The normalized spacial score (nSPS) is 10.9. The second-order valence-electron chi connectivity index (χ2n) is 4.70. The Morgan fingerprint density at radius 1 is 1.42 bits per heavy atom. The first-order chi connectivity index (χ1) is 9.22. The molecule has 1 aromatic heterocycles. The van der Waals surface area contributed by atoms with E-state index in [1.807, 2.05) is 18.0 Å². The van der Waals surface area contributed by atoms with Crippen molar-refractivity contribution >= 4 is 17.2 Å². The van der Waals surface area contributed by atoms with Crippen LogP contribution in [0.25, 0.3) is 0 Å². The highest BCUT2D eigenvalue weighted by Gasteiger charge is 2.05. The van der Waals surface area contributed by atoms with E-state index in [1.165, 1.54) is 4.88 Å². The van der Waals surface area contributed by atoms with Crippen molar-refractivity contribution < 1.29 is 9.90 Å². The number of nitrogens with one attached hydrogen (secondary N) is 1. The third-order valence-corrected chi connectivity index (χ3v) is 3.82. The number of aliphatic hydroxyl groups excluding tert-OH is 1. The van der Waals surface area contributed by atoms with Gasteiger partial charge in [-0.15, -0.1) is 11.3 Å². The molecule has 0 fully saturated rings. The number of carbonyl (C=O) groups is 1. The van der Waals surface area contributed by atoms with Gasteiger partial charge in [-0.25, -0.2) is 0 Å². The fourth-order valence-electron chi connectivity index (χ4n) is 1.83. The largest absolute Gasteiger partial charge is 0.396 e. The molecule has 108 valence electrons. The number of aliphatic hydroxyl groups is 1. The van der Waals surface area contributed by atoms with Crippen LogP contribution < -0.4 is 5.32 Å². The molecule has 1 aromatic rings. The first-order valence-electron chi connectivity index (χ1n) is 6.81. The molecule has 4 nitrogen and oxygen atoms in total. The lowest BCUT2D eigenvalue weighted by Crippen LogP contribution is -2.36. The van der Waals surface area contributed by atoms with E-state index in [9.17, 15) is 4.79 Å². The summed E-state index contributed by atoms with van der Waals surface area (Å²) in [7, 11) is 1.96. The van der Waals surface area contributed by atoms with Gasteiger partial charge in [0, 0.05) is 18.0 Å². The van der Waals surface area contributed by atoms with Gasteiger partial charge in [-0.3, -0.25) is 9.69 Å². The fraction of sp³-hybridized carbons (Fsp3) is 0.643. The molecule has 0 aliphatic carbocycles. The van der Waals surface area contributed by atoms with Crippen molar-refractivity contribution in [3.63, 3.8) is 0 Å². The second kappa shape index (κ2) is 9.95. The van der Waals surface area contributed by atoms with Gasteiger partial charge < -0.3 is 10.4 Å². The van der Waals surface area contributed by atoms with Crippen LogP contribution in [0.4, 0.5) is 0 Å². The number of likely N-dealkylation sites (N-methyl/N-ethyl adjacent to an activating group) is 1. The molecule has 5 heteroatoms. The molecule has 0 radical (unpaired) electrons. The van der Waals surface area contributed by atoms with E-state index in [4.69, 9.17) is 5.11 Å². The molecule has 0 aliphatic rings. The van der Waals surface area contributed by atoms with E-state index >= 15 is 0 Å². The predicted octanol–water partition coefficient (Wildman–Crippen LogP) is 1.50. The molecule has 19 heavy (non-hydrogen) atoms.